The summed E-state index contributed by atoms with van der Waals surface area (Å²) in [6.07, 6.45) is 2.24. The average Bonchev–Trinajstić information content (AvgIpc) is 2.54. The van der Waals surface area contributed by atoms with Gasteiger partial charge in [0, 0.05) is 6.54 Å². The van der Waals surface area contributed by atoms with Crippen LogP contribution in [-0.2, 0) is 6.42 Å². The minimum absolute atomic E-state index is 0.0160. The van der Waals surface area contributed by atoms with E-state index in [-0.39, 0.29) is 11.3 Å². The molecule has 0 unspecified atom stereocenters. The van der Waals surface area contributed by atoms with E-state index in [9.17, 15) is 9.90 Å². The molecule has 2 N–H and O–H groups in total. The molecule has 5 nitrogen and oxygen atoms in total. The first-order valence-electron chi connectivity index (χ1n) is 7.49. The van der Waals surface area contributed by atoms with E-state index in [0.717, 1.165) is 24.1 Å². The molecule has 0 aliphatic carbocycles. The van der Waals surface area contributed by atoms with Gasteiger partial charge in [-0.1, -0.05) is 24.3 Å². The molecule has 0 saturated carbocycles. The molecule has 0 saturated heterocycles. The lowest BCUT2D eigenvalue weighted by molar-refractivity contribution is 0.413. The Morgan fingerprint density at radius 1 is 1.17 bits per heavy atom. The smallest absolute Gasteiger partial charge is 0.258 e. The highest BCUT2D eigenvalue weighted by Gasteiger charge is 2.09. The molecular formula is C18H19N3O2. The van der Waals surface area contributed by atoms with Crippen molar-refractivity contribution < 1.29 is 5.11 Å². The highest BCUT2D eigenvalue weighted by molar-refractivity contribution is 5.88. The Morgan fingerprint density at radius 3 is 2.78 bits per heavy atom. The number of nitrogens with zero attached hydrogens (tertiary/aromatic N) is 2. The fourth-order valence-corrected chi connectivity index (χ4v) is 2.59. The molecule has 0 radical (unpaired) electrons. The van der Waals surface area contributed by atoms with Crippen LogP contribution in [0.1, 0.15) is 5.56 Å². The highest BCUT2D eigenvalue weighted by atomic mass is 16.3. The molecule has 0 spiro atoms. The molecule has 3 aromatic rings. The first-order chi connectivity index (χ1) is 11.0. The van der Waals surface area contributed by atoms with Crippen LogP contribution in [0, 0.1) is 0 Å². The maximum Gasteiger partial charge on any atom is 0.258 e. The normalized spacial score (nSPS) is 11.3. The zero-order valence-electron chi connectivity index (χ0n) is 13.2. The summed E-state index contributed by atoms with van der Waals surface area (Å²) >= 11 is 0. The van der Waals surface area contributed by atoms with Gasteiger partial charge in [-0.15, -0.1) is 0 Å². The van der Waals surface area contributed by atoms with Crippen molar-refractivity contribution in [3.8, 4) is 16.9 Å². The molecule has 0 fully saturated rings. The Kier molecular flexibility index (Phi) is 4.12. The molecule has 0 aliphatic heterocycles. The van der Waals surface area contributed by atoms with Crippen molar-refractivity contribution >= 4 is 10.9 Å². The van der Waals surface area contributed by atoms with Gasteiger partial charge < -0.3 is 15.0 Å². The van der Waals surface area contributed by atoms with E-state index >= 15 is 0 Å². The number of aromatic hydroxyl groups is 1. The summed E-state index contributed by atoms with van der Waals surface area (Å²) < 4.78 is 0. The van der Waals surface area contributed by atoms with Crippen molar-refractivity contribution in [2.45, 2.75) is 6.42 Å². The molecule has 118 valence electrons. The number of hydrogen-bond donors (Lipinski definition) is 2. The fourth-order valence-electron chi connectivity index (χ4n) is 2.59. The van der Waals surface area contributed by atoms with Crippen molar-refractivity contribution in [1.82, 2.24) is 14.9 Å². The van der Waals surface area contributed by atoms with Gasteiger partial charge in [0.1, 0.15) is 11.3 Å². The van der Waals surface area contributed by atoms with E-state index in [1.165, 1.54) is 11.9 Å². The summed E-state index contributed by atoms with van der Waals surface area (Å²) in [6.45, 7) is 0.968. The number of benzene rings is 2. The van der Waals surface area contributed by atoms with Crippen LogP contribution < -0.4 is 5.56 Å². The van der Waals surface area contributed by atoms with Crippen molar-refractivity contribution in [3.05, 3.63) is 58.6 Å². The summed E-state index contributed by atoms with van der Waals surface area (Å²) in [6, 6.07) is 11.6. The predicted molar refractivity (Wildman–Crippen MR) is 91.7 cm³/mol. The Morgan fingerprint density at radius 2 is 2.00 bits per heavy atom. The maximum absolute atomic E-state index is 11.9. The van der Waals surface area contributed by atoms with Gasteiger partial charge in [0.25, 0.3) is 5.56 Å². The lowest BCUT2D eigenvalue weighted by Crippen LogP contribution is -2.14. The first-order valence-corrected chi connectivity index (χ1v) is 7.49. The molecule has 23 heavy (non-hydrogen) atoms. The summed E-state index contributed by atoms with van der Waals surface area (Å²) in [5.41, 5.74) is 3.06. The standard InChI is InChI=1S/C18H19N3O2/c1-21(2)7-6-12-4-3-5-13(8-12)14-9-15-17(16(22)10-14)19-11-20-18(15)23/h3-5,8-11,22H,6-7H2,1-2H3,(H,19,20,23). The zero-order chi connectivity index (χ0) is 16.4. The largest absolute Gasteiger partial charge is 0.506 e. The van der Waals surface area contributed by atoms with Gasteiger partial charge in [0.15, 0.2) is 0 Å². The predicted octanol–water partition coefficient (Wildman–Crippen LogP) is 2.40. The van der Waals surface area contributed by atoms with Crippen molar-refractivity contribution in [1.29, 1.82) is 0 Å². The number of rotatable bonds is 4. The number of aromatic amines is 1. The molecule has 0 atom stereocenters. The quantitative estimate of drug-likeness (QED) is 0.776. The van der Waals surface area contributed by atoms with E-state index in [1.807, 2.05) is 26.2 Å². The Bertz CT molecular complexity index is 900. The number of hydrogen-bond acceptors (Lipinski definition) is 4. The molecule has 0 aliphatic rings. The van der Waals surface area contributed by atoms with Crippen molar-refractivity contribution in [2.24, 2.45) is 0 Å². The highest BCUT2D eigenvalue weighted by Crippen LogP contribution is 2.29. The second-order valence-electron chi connectivity index (χ2n) is 5.88. The van der Waals surface area contributed by atoms with Crippen molar-refractivity contribution in [2.75, 3.05) is 20.6 Å². The number of aromatic nitrogens is 2. The van der Waals surface area contributed by atoms with E-state index < -0.39 is 0 Å². The zero-order valence-corrected chi connectivity index (χ0v) is 13.2. The van der Waals surface area contributed by atoms with Crippen LogP contribution in [-0.4, -0.2) is 40.6 Å². The Labute approximate surface area is 134 Å². The minimum atomic E-state index is -0.254. The maximum atomic E-state index is 11.9. The monoisotopic (exact) mass is 309 g/mol. The molecule has 0 amide bonds. The lowest BCUT2D eigenvalue weighted by Gasteiger charge is -2.11. The molecule has 0 bridgehead atoms. The first kappa shape index (κ1) is 15.2. The van der Waals surface area contributed by atoms with Gasteiger partial charge in [0.05, 0.1) is 11.7 Å². The number of fused-ring (bicyclic) bond motifs is 1. The van der Waals surface area contributed by atoms with Gasteiger partial charge >= 0.3 is 0 Å². The third-order valence-electron chi connectivity index (χ3n) is 3.83. The van der Waals surface area contributed by atoms with Crippen molar-refractivity contribution in [3.63, 3.8) is 0 Å². The van der Waals surface area contributed by atoms with E-state index in [2.05, 4.69) is 27.0 Å². The van der Waals surface area contributed by atoms with E-state index in [0.29, 0.717) is 10.9 Å². The summed E-state index contributed by atoms with van der Waals surface area (Å²) in [4.78, 5) is 20.7. The number of phenols is 1. The number of H-pyrrole nitrogens is 1. The fraction of sp³-hybridized carbons (Fsp3) is 0.222. The van der Waals surface area contributed by atoms with Crippen LogP contribution in [0.25, 0.3) is 22.0 Å². The topological polar surface area (TPSA) is 69.2 Å². The Hall–Kier alpha value is -2.66. The van der Waals surface area contributed by atoms with E-state index in [4.69, 9.17) is 0 Å². The van der Waals surface area contributed by atoms with Gasteiger partial charge in [0.2, 0.25) is 0 Å². The van der Waals surface area contributed by atoms with Crippen LogP contribution in [0.3, 0.4) is 0 Å². The number of phenolic OH excluding ortho intramolecular Hbond substituents is 1. The Balaban J connectivity index is 2.05. The lowest BCUT2D eigenvalue weighted by atomic mass is 10.00. The van der Waals surface area contributed by atoms with Gasteiger partial charge in [-0.2, -0.15) is 0 Å². The van der Waals surface area contributed by atoms with Crippen LogP contribution in [0.15, 0.2) is 47.5 Å². The van der Waals surface area contributed by atoms with E-state index in [1.54, 1.807) is 12.1 Å². The summed E-state index contributed by atoms with van der Waals surface area (Å²) in [7, 11) is 4.09. The third kappa shape index (κ3) is 3.24. The van der Waals surface area contributed by atoms with Gasteiger partial charge in [-0.25, -0.2) is 4.98 Å². The molecule has 3 rings (SSSR count). The van der Waals surface area contributed by atoms with Gasteiger partial charge in [-0.05, 0) is 49.3 Å². The van der Waals surface area contributed by atoms with Gasteiger partial charge in [-0.3, -0.25) is 4.79 Å². The third-order valence-corrected chi connectivity index (χ3v) is 3.83. The summed E-state index contributed by atoms with van der Waals surface area (Å²) in [5, 5.41) is 10.6. The van der Waals surface area contributed by atoms with Crippen LogP contribution in [0.4, 0.5) is 0 Å². The minimum Gasteiger partial charge on any atom is -0.506 e. The van der Waals surface area contributed by atoms with Crippen LogP contribution >= 0.6 is 0 Å². The molecule has 5 heteroatoms. The molecular weight excluding hydrogens is 290 g/mol. The van der Waals surface area contributed by atoms with Crippen LogP contribution in [0.5, 0.6) is 5.75 Å². The molecule has 1 aromatic heterocycles. The van der Waals surface area contributed by atoms with Crippen LogP contribution in [0.2, 0.25) is 0 Å². The molecule has 2 aromatic carbocycles. The second kappa shape index (κ2) is 6.22. The average molecular weight is 309 g/mol. The SMILES string of the molecule is CN(C)CCc1cccc(-c2cc(O)c3nc[nH]c(=O)c3c2)c1. The second-order valence-corrected chi connectivity index (χ2v) is 5.88. The number of nitrogens with one attached hydrogen (secondary N) is 1. The summed E-state index contributed by atoms with van der Waals surface area (Å²) in [5.74, 6) is 0.0160. The number of likely N-dealkylation sites (N-methyl/N-ethyl adjacent to an activating group) is 1. The molecule has 1 heterocycles.